The number of carboxylic acid groups (broad SMARTS) is 1. The first-order valence-electron chi connectivity index (χ1n) is 7.03. The van der Waals surface area contributed by atoms with Crippen molar-refractivity contribution in [3.63, 3.8) is 0 Å². The Morgan fingerprint density at radius 2 is 1.43 bits per heavy atom. The van der Waals surface area contributed by atoms with Crippen molar-refractivity contribution in [3.05, 3.63) is 70.3 Å². The van der Waals surface area contributed by atoms with Crippen LogP contribution in [0.2, 0.25) is 0 Å². The fraction of sp³-hybridized carbons (Fsp3) is 0.111. The maximum absolute atomic E-state index is 12.7. The van der Waals surface area contributed by atoms with E-state index in [1.54, 1.807) is 42.5 Å². The number of hydrogen-bond acceptors (Lipinski definition) is 4. The fourth-order valence-corrected chi connectivity index (χ4v) is 2.81. The van der Waals surface area contributed by atoms with Crippen LogP contribution >= 0.6 is 0 Å². The van der Waals surface area contributed by atoms with Crippen molar-refractivity contribution >= 4 is 23.3 Å². The highest BCUT2D eigenvalue weighted by Gasteiger charge is 2.31. The summed E-state index contributed by atoms with van der Waals surface area (Å²) >= 11 is 0. The number of carbonyl (C=O) groups excluding carboxylic acids is 3. The lowest BCUT2D eigenvalue weighted by atomic mass is 9.81. The van der Waals surface area contributed by atoms with Gasteiger partial charge in [0.15, 0.2) is 11.6 Å². The van der Waals surface area contributed by atoms with E-state index in [1.165, 1.54) is 0 Å². The summed E-state index contributed by atoms with van der Waals surface area (Å²) in [4.78, 5) is 47.6. The van der Waals surface area contributed by atoms with Crippen molar-refractivity contribution in [1.29, 1.82) is 0 Å². The fourth-order valence-electron chi connectivity index (χ4n) is 2.81. The van der Waals surface area contributed by atoms with Gasteiger partial charge in [-0.1, -0.05) is 42.5 Å². The predicted molar refractivity (Wildman–Crippen MR) is 80.7 cm³/mol. The van der Waals surface area contributed by atoms with Crippen LogP contribution in [0.1, 0.15) is 43.8 Å². The van der Waals surface area contributed by atoms with Crippen LogP contribution in [0.3, 0.4) is 0 Å². The van der Waals surface area contributed by atoms with Crippen molar-refractivity contribution in [2.45, 2.75) is 12.8 Å². The molecule has 5 heteroatoms. The largest absolute Gasteiger partial charge is 0.481 e. The maximum Gasteiger partial charge on any atom is 0.310 e. The van der Waals surface area contributed by atoms with Crippen LogP contribution in [0.4, 0.5) is 0 Å². The topological polar surface area (TPSA) is 88.5 Å². The van der Waals surface area contributed by atoms with E-state index in [0.29, 0.717) is 16.7 Å². The predicted octanol–water partition coefficient (Wildman–Crippen LogP) is 2.05. The van der Waals surface area contributed by atoms with Crippen LogP contribution in [-0.4, -0.2) is 28.4 Å². The SMILES string of the molecule is O=C(O)CC(=O)Cc1cccc2c1C(=O)c1ccccc1C2=O. The number of fused-ring (bicyclic) bond motifs is 2. The molecule has 0 atom stereocenters. The second-order valence-corrected chi connectivity index (χ2v) is 5.33. The van der Waals surface area contributed by atoms with Crippen LogP contribution in [-0.2, 0) is 16.0 Å². The summed E-state index contributed by atoms with van der Waals surface area (Å²) in [5.41, 5.74) is 1.51. The number of benzene rings is 2. The van der Waals surface area contributed by atoms with Gasteiger partial charge < -0.3 is 5.11 Å². The normalized spacial score (nSPS) is 12.5. The van der Waals surface area contributed by atoms with Gasteiger partial charge in [-0.2, -0.15) is 0 Å². The Labute approximate surface area is 131 Å². The van der Waals surface area contributed by atoms with Gasteiger partial charge >= 0.3 is 5.97 Å². The highest BCUT2D eigenvalue weighted by atomic mass is 16.4. The van der Waals surface area contributed by atoms with Crippen molar-refractivity contribution < 1.29 is 24.3 Å². The monoisotopic (exact) mass is 308 g/mol. The van der Waals surface area contributed by atoms with Gasteiger partial charge in [-0.25, -0.2) is 0 Å². The van der Waals surface area contributed by atoms with Crippen molar-refractivity contribution in [3.8, 4) is 0 Å². The Bertz CT molecular complexity index is 863. The van der Waals surface area contributed by atoms with E-state index < -0.39 is 18.2 Å². The summed E-state index contributed by atoms with van der Waals surface area (Å²) in [7, 11) is 0. The first kappa shape index (κ1) is 14.8. The molecule has 0 unspecified atom stereocenters. The summed E-state index contributed by atoms with van der Waals surface area (Å²) in [6.45, 7) is 0. The number of hydrogen-bond donors (Lipinski definition) is 1. The van der Waals surface area contributed by atoms with E-state index in [4.69, 9.17) is 5.11 Å². The van der Waals surface area contributed by atoms with Crippen LogP contribution in [0.25, 0.3) is 0 Å². The molecule has 0 fully saturated rings. The summed E-state index contributed by atoms with van der Waals surface area (Å²) in [6, 6.07) is 11.3. The molecule has 2 aromatic rings. The Kier molecular flexibility index (Phi) is 3.62. The second kappa shape index (κ2) is 5.61. The molecule has 0 saturated heterocycles. The molecule has 1 aliphatic carbocycles. The molecule has 5 nitrogen and oxygen atoms in total. The molecular formula is C18H12O5. The van der Waals surface area contributed by atoms with Crippen LogP contribution in [0.15, 0.2) is 42.5 Å². The van der Waals surface area contributed by atoms with E-state index in [9.17, 15) is 19.2 Å². The van der Waals surface area contributed by atoms with Crippen molar-refractivity contribution in [2.24, 2.45) is 0 Å². The van der Waals surface area contributed by atoms with Crippen molar-refractivity contribution in [2.75, 3.05) is 0 Å². The zero-order chi connectivity index (χ0) is 16.6. The van der Waals surface area contributed by atoms with Crippen LogP contribution in [0, 0.1) is 0 Å². The molecule has 0 bridgehead atoms. The number of carbonyl (C=O) groups is 4. The molecule has 0 saturated carbocycles. The highest BCUT2D eigenvalue weighted by Crippen LogP contribution is 2.29. The molecule has 3 rings (SSSR count). The number of rotatable bonds is 4. The van der Waals surface area contributed by atoms with E-state index in [0.717, 1.165) is 0 Å². The van der Waals surface area contributed by atoms with Crippen molar-refractivity contribution in [1.82, 2.24) is 0 Å². The van der Waals surface area contributed by atoms with E-state index in [-0.39, 0.29) is 29.1 Å². The Hall–Kier alpha value is -3.08. The second-order valence-electron chi connectivity index (χ2n) is 5.33. The maximum atomic E-state index is 12.7. The zero-order valence-electron chi connectivity index (χ0n) is 12.0. The average molecular weight is 308 g/mol. The van der Waals surface area contributed by atoms with E-state index in [1.807, 2.05) is 0 Å². The number of aliphatic carboxylic acids is 1. The third-order valence-electron chi connectivity index (χ3n) is 3.77. The lowest BCUT2D eigenvalue weighted by molar-refractivity contribution is -0.140. The molecule has 0 aliphatic heterocycles. The minimum absolute atomic E-state index is 0.184. The minimum atomic E-state index is -1.22. The van der Waals surface area contributed by atoms with Gasteiger partial charge in [0, 0.05) is 28.7 Å². The minimum Gasteiger partial charge on any atom is -0.481 e. The number of ketones is 3. The van der Waals surface area contributed by atoms with Gasteiger partial charge in [-0.15, -0.1) is 0 Å². The summed E-state index contributed by atoms with van der Waals surface area (Å²) < 4.78 is 0. The molecule has 0 heterocycles. The number of Topliss-reactive ketones (excluding diaryl/α,β-unsaturated/α-hetero) is 1. The third-order valence-corrected chi connectivity index (χ3v) is 3.77. The first-order chi connectivity index (χ1) is 11.0. The lowest BCUT2D eigenvalue weighted by Crippen LogP contribution is -2.23. The summed E-state index contributed by atoms with van der Waals surface area (Å²) in [5, 5.41) is 8.68. The molecule has 0 spiro atoms. The first-order valence-corrected chi connectivity index (χ1v) is 7.03. The standard InChI is InChI=1S/C18H12O5/c19-11(9-15(20)21)8-10-4-3-7-14-16(10)18(23)13-6-2-1-5-12(13)17(14)22/h1-7H,8-9H2,(H,20,21). The molecular weight excluding hydrogens is 296 g/mol. The third kappa shape index (κ3) is 2.57. The zero-order valence-corrected chi connectivity index (χ0v) is 12.0. The highest BCUT2D eigenvalue weighted by molar-refractivity contribution is 6.29. The Morgan fingerprint density at radius 3 is 2.09 bits per heavy atom. The van der Waals surface area contributed by atoms with Crippen LogP contribution in [0.5, 0.6) is 0 Å². The summed E-state index contributed by atoms with van der Waals surface area (Å²) in [5.74, 6) is -2.30. The quantitative estimate of drug-likeness (QED) is 0.745. The summed E-state index contributed by atoms with van der Waals surface area (Å²) in [6.07, 6.45) is -0.793. The molecule has 0 radical (unpaired) electrons. The van der Waals surface area contributed by atoms with Crippen LogP contribution < -0.4 is 0 Å². The number of carboxylic acids is 1. The smallest absolute Gasteiger partial charge is 0.310 e. The Morgan fingerprint density at radius 1 is 0.826 bits per heavy atom. The lowest BCUT2D eigenvalue weighted by Gasteiger charge is -2.19. The van der Waals surface area contributed by atoms with Gasteiger partial charge in [0.2, 0.25) is 0 Å². The Balaban J connectivity index is 2.07. The molecule has 23 heavy (non-hydrogen) atoms. The molecule has 2 aromatic carbocycles. The van der Waals surface area contributed by atoms with Gasteiger partial charge in [0.25, 0.3) is 0 Å². The van der Waals surface area contributed by atoms with E-state index in [2.05, 4.69) is 0 Å². The molecule has 1 N–H and O–H groups in total. The molecule has 0 aromatic heterocycles. The van der Waals surface area contributed by atoms with Gasteiger partial charge in [-0.05, 0) is 5.56 Å². The molecule has 0 amide bonds. The van der Waals surface area contributed by atoms with Gasteiger partial charge in [-0.3, -0.25) is 19.2 Å². The molecule has 1 aliphatic rings. The van der Waals surface area contributed by atoms with Gasteiger partial charge in [0.1, 0.15) is 12.2 Å². The average Bonchev–Trinajstić information content (AvgIpc) is 2.51. The van der Waals surface area contributed by atoms with Gasteiger partial charge in [0.05, 0.1) is 0 Å². The van der Waals surface area contributed by atoms with E-state index >= 15 is 0 Å². The molecule has 114 valence electrons.